The molecule has 210 valence electrons. The first-order valence-corrected chi connectivity index (χ1v) is 14.4. The smallest absolute Gasteiger partial charge is 0.161 e. The van der Waals surface area contributed by atoms with Crippen LogP contribution in [0.25, 0.3) is 33.1 Å². The van der Waals surface area contributed by atoms with E-state index in [0.29, 0.717) is 5.84 Å². The fourth-order valence-corrected chi connectivity index (χ4v) is 5.20. The van der Waals surface area contributed by atoms with Crippen molar-refractivity contribution in [3.05, 3.63) is 168 Å². The normalized spacial score (nSPS) is 11.8. The summed E-state index contributed by atoms with van der Waals surface area (Å²) in [6.07, 6.45) is 1.78. The molecule has 0 aliphatic carbocycles. The summed E-state index contributed by atoms with van der Waals surface area (Å²) >= 11 is 0. The van der Waals surface area contributed by atoms with Crippen LogP contribution in [-0.4, -0.2) is 17.9 Å². The lowest BCUT2D eigenvalue weighted by Crippen LogP contribution is -2.05. The Hall–Kier alpha value is -6.07. The van der Waals surface area contributed by atoms with Gasteiger partial charge < -0.3 is 9.73 Å². The molecule has 0 aliphatic heterocycles. The van der Waals surface area contributed by atoms with Crippen LogP contribution in [0.3, 0.4) is 0 Å². The minimum absolute atomic E-state index is 0.154. The molecule has 0 fully saturated rings. The van der Waals surface area contributed by atoms with Gasteiger partial charge in [0.25, 0.3) is 0 Å². The standard InChI is InChI=1S/C39H28N4O/c40-38(29-16-8-3-9-17-29)43-39(41-26-27-12-4-1-5-13-27)30-20-22-31(23-21-30)42-35-24-34-32-18-10-11-19-36(32)44-37(34)25-33(35)28-14-6-2-7-15-28/h1-26,40,42H/b40-38?,41-26+,43-39-. The Labute approximate surface area is 255 Å². The van der Waals surface area contributed by atoms with Gasteiger partial charge in [-0.1, -0.05) is 109 Å². The fraction of sp³-hybridized carbons (Fsp3) is 0. The Morgan fingerprint density at radius 1 is 0.614 bits per heavy atom. The SMILES string of the molecule is N=C(/N=C(\N=C\c1ccccc1)c1ccc(Nc2cc3c(cc2-c2ccccc2)oc2ccccc23)cc1)c1ccccc1. The van der Waals surface area contributed by atoms with Gasteiger partial charge in [0.2, 0.25) is 0 Å². The molecule has 7 aromatic rings. The number of fused-ring (bicyclic) bond motifs is 3. The van der Waals surface area contributed by atoms with Gasteiger partial charge in [0.1, 0.15) is 11.2 Å². The van der Waals surface area contributed by atoms with Crippen molar-refractivity contribution >= 4 is 51.2 Å². The van der Waals surface area contributed by atoms with E-state index in [9.17, 15) is 0 Å². The van der Waals surface area contributed by atoms with Gasteiger partial charge >= 0.3 is 0 Å². The number of anilines is 2. The molecule has 0 aliphatic rings. The third-order valence-electron chi connectivity index (χ3n) is 7.42. The van der Waals surface area contributed by atoms with Crippen molar-refractivity contribution in [3.8, 4) is 11.1 Å². The van der Waals surface area contributed by atoms with Crippen molar-refractivity contribution in [2.75, 3.05) is 5.32 Å². The van der Waals surface area contributed by atoms with Crippen molar-refractivity contribution in [3.63, 3.8) is 0 Å². The second kappa shape index (κ2) is 12.0. The van der Waals surface area contributed by atoms with Crippen molar-refractivity contribution < 1.29 is 4.42 Å². The van der Waals surface area contributed by atoms with E-state index in [4.69, 9.17) is 14.8 Å². The van der Waals surface area contributed by atoms with Crippen LogP contribution in [0.5, 0.6) is 0 Å². The van der Waals surface area contributed by atoms with Crippen molar-refractivity contribution in [2.24, 2.45) is 9.98 Å². The van der Waals surface area contributed by atoms with Crippen LogP contribution in [0, 0.1) is 5.41 Å². The monoisotopic (exact) mass is 568 g/mol. The number of aliphatic imine (C=N–C) groups is 2. The van der Waals surface area contributed by atoms with E-state index >= 15 is 0 Å². The predicted molar refractivity (Wildman–Crippen MR) is 183 cm³/mol. The molecule has 0 saturated carbocycles. The van der Waals surface area contributed by atoms with Gasteiger partial charge in [0.15, 0.2) is 11.7 Å². The fourth-order valence-electron chi connectivity index (χ4n) is 5.20. The van der Waals surface area contributed by atoms with Crippen LogP contribution in [0.1, 0.15) is 16.7 Å². The molecule has 1 heterocycles. The first-order valence-electron chi connectivity index (χ1n) is 14.4. The molecule has 0 saturated heterocycles. The van der Waals surface area contributed by atoms with Crippen LogP contribution in [-0.2, 0) is 0 Å². The van der Waals surface area contributed by atoms with Gasteiger partial charge in [0, 0.05) is 45.1 Å². The highest BCUT2D eigenvalue weighted by Crippen LogP contribution is 2.38. The summed E-state index contributed by atoms with van der Waals surface area (Å²) in [5.74, 6) is 0.617. The van der Waals surface area contributed by atoms with E-state index in [0.717, 1.165) is 61.1 Å². The molecule has 6 aromatic carbocycles. The first kappa shape index (κ1) is 26.8. The Morgan fingerprint density at radius 2 is 1.27 bits per heavy atom. The van der Waals surface area contributed by atoms with E-state index in [2.05, 4.69) is 40.6 Å². The molecule has 7 rings (SSSR count). The molecule has 0 bridgehead atoms. The summed E-state index contributed by atoms with van der Waals surface area (Å²) in [7, 11) is 0. The molecular formula is C39H28N4O. The molecule has 0 atom stereocenters. The molecule has 5 nitrogen and oxygen atoms in total. The van der Waals surface area contributed by atoms with Crippen molar-refractivity contribution in [2.45, 2.75) is 0 Å². The van der Waals surface area contributed by atoms with Crippen molar-refractivity contribution in [1.29, 1.82) is 5.41 Å². The average molecular weight is 569 g/mol. The number of hydrogen-bond donors (Lipinski definition) is 2. The summed E-state index contributed by atoms with van der Waals surface area (Å²) in [6.45, 7) is 0. The maximum absolute atomic E-state index is 8.62. The number of rotatable bonds is 6. The predicted octanol–water partition coefficient (Wildman–Crippen LogP) is 9.89. The first-order chi connectivity index (χ1) is 21.7. The van der Waals surface area contributed by atoms with Crippen molar-refractivity contribution in [1.82, 2.24) is 0 Å². The lowest BCUT2D eigenvalue weighted by atomic mass is 10.0. The number of amidine groups is 2. The van der Waals surface area contributed by atoms with E-state index in [1.807, 2.05) is 121 Å². The number of para-hydroxylation sites is 1. The molecule has 0 radical (unpaired) electrons. The Bertz CT molecular complexity index is 2130. The average Bonchev–Trinajstić information content (AvgIpc) is 3.45. The summed E-state index contributed by atoms with van der Waals surface area (Å²) in [5.41, 5.74) is 8.26. The molecule has 1 aromatic heterocycles. The molecule has 0 amide bonds. The molecule has 0 unspecified atom stereocenters. The lowest BCUT2D eigenvalue weighted by Gasteiger charge is -2.14. The topological polar surface area (TPSA) is 73.7 Å². The Balaban J connectivity index is 1.25. The van der Waals surface area contributed by atoms with Gasteiger partial charge in [-0.2, -0.15) is 0 Å². The minimum Gasteiger partial charge on any atom is -0.456 e. The summed E-state index contributed by atoms with van der Waals surface area (Å²) in [5, 5.41) is 14.4. The minimum atomic E-state index is 0.154. The number of nitrogens with zero attached hydrogens (tertiary/aromatic N) is 2. The van der Waals surface area contributed by atoms with Crippen LogP contribution < -0.4 is 5.32 Å². The molecular weight excluding hydrogens is 540 g/mol. The second-order valence-electron chi connectivity index (χ2n) is 10.4. The number of benzene rings is 6. The quantitative estimate of drug-likeness (QED) is 0.155. The molecule has 44 heavy (non-hydrogen) atoms. The summed E-state index contributed by atoms with van der Waals surface area (Å²) in [4.78, 5) is 9.34. The van der Waals surface area contributed by atoms with Gasteiger partial charge in [-0.05, 0) is 53.6 Å². The largest absolute Gasteiger partial charge is 0.456 e. The Morgan fingerprint density at radius 3 is 2.02 bits per heavy atom. The molecule has 5 heteroatoms. The van der Waals surface area contributed by atoms with E-state index < -0.39 is 0 Å². The van der Waals surface area contributed by atoms with Crippen LogP contribution in [0.2, 0.25) is 0 Å². The van der Waals surface area contributed by atoms with Gasteiger partial charge in [0.05, 0.1) is 0 Å². The highest BCUT2D eigenvalue weighted by atomic mass is 16.3. The van der Waals surface area contributed by atoms with E-state index in [-0.39, 0.29) is 5.84 Å². The van der Waals surface area contributed by atoms with Crippen LogP contribution in [0.4, 0.5) is 11.4 Å². The number of furan rings is 1. The third-order valence-corrected chi connectivity index (χ3v) is 7.42. The zero-order valence-electron chi connectivity index (χ0n) is 23.8. The van der Waals surface area contributed by atoms with Gasteiger partial charge in [-0.15, -0.1) is 0 Å². The highest BCUT2D eigenvalue weighted by molar-refractivity contribution is 6.13. The zero-order chi connectivity index (χ0) is 29.7. The summed E-state index contributed by atoms with van der Waals surface area (Å²) in [6, 6.07) is 50.1. The number of hydrogen-bond acceptors (Lipinski definition) is 3. The Kier molecular flexibility index (Phi) is 7.33. The lowest BCUT2D eigenvalue weighted by molar-refractivity contribution is 0.669. The van der Waals surface area contributed by atoms with Crippen LogP contribution >= 0.6 is 0 Å². The van der Waals surface area contributed by atoms with E-state index in [1.54, 1.807) is 6.21 Å². The third kappa shape index (κ3) is 5.67. The molecule has 2 N–H and O–H groups in total. The zero-order valence-corrected chi connectivity index (χ0v) is 23.8. The van der Waals surface area contributed by atoms with Crippen LogP contribution in [0.15, 0.2) is 166 Å². The maximum Gasteiger partial charge on any atom is 0.161 e. The maximum atomic E-state index is 8.62. The molecule has 0 spiro atoms. The second-order valence-corrected chi connectivity index (χ2v) is 10.4. The van der Waals surface area contributed by atoms with Gasteiger partial charge in [-0.25, -0.2) is 9.98 Å². The van der Waals surface area contributed by atoms with Gasteiger partial charge in [-0.3, -0.25) is 5.41 Å². The number of nitrogens with one attached hydrogen (secondary N) is 2. The van der Waals surface area contributed by atoms with E-state index in [1.165, 1.54) is 0 Å². The summed E-state index contributed by atoms with van der Waals surface area (Å²) < 4.78 is 6.21. The highest BCUT2D eigenvalue weighted by Gasteiger charge is 2.14.